The number of carboxylic acid groups (broad SMARTS) is 2. The van der Waals surface area contributed by atoms with Gasteiger partial charge in [-0.25, -0.2) is 9.59 Å². The lowest BCUT2D eigenvalue weighted by Gasteiger charge is -2.05. The van der Waals surface area contributed by atoms with Gasteiger partial charge in [0.15, 0.2) is 0 Å². The second kappa shape index (κ2) is 4.65. The van der Waals surface area contributed by atoms with Crippen molar-refractivity contribution in [1.82, 2.24) is 0 Å². The van der Waals surface area contributed by atoms with E-state index in [2.05, 4.69) is 17.2 Å². The highest BCUT2D eigenvalue weighted by atomic mass is 32.1. The van der Waals surface area contributed by atoms with E-state index < -0.39 is 11.9 Å². The van der Waals surface area contributed by atoms with Crippen LogP contribution >= 0.6 is 12.2 Å². The Labute approximate surface area is 96.1 Å². The average Bonchev–Trinajstić information content (AvgIpc) is 2.19. The number of aromatic carboxylic acids is 2. The largest absolute Gasteiger partial charge is 0.478 e. The molecule has 0 bridgehead atoms. The lowest BCUT2D eigenvalue weighted by molar-refractivity contribution is 0.0681. The molecule has 0 saturated heterocycles. The Hall–Kier alpha value is -2.04. The van der Waals surface area contributed by atoms with E-state index in [0.717, 1.165) is 0 Å². The maximum Gasteiger partial charge on any atom is 0.337 e. The van der Waals surface area contributed by atoms with Crippen molar-refractivity contribution < 1.29 is 19.8 Å². The van der Waals surface area contributed by atoms with Crippen LogP contribution in [-0.4, -0.2) is 27.3 Å². The molecule has 0 aliphatic heterocycles. The Bertz CT molecular complexity index is 518. The first-order chi connectivity index (χ1) is 7.47. The molecule has 0 aliphatic rings. The molecule has 0 fully saturated rings. The van der Waals surface area contributed by atoms with Crippen LogP contribution < -0.4 is 0 Å². The lowest BCUT2D eigenvalue weighted by Crippen LogP contribution is -2.04. The Kier molecular flexibility index (Phi) is 3.50. The standard InChI is InChI=1S/C10H7NO4S/c1-5-2-7(10(14)15)8(11-4-16)3-6(5)9(12)13/h2-3H,1H3,(H,12,13)(H,14,15). The minimum Gasteiger partial charge on any atom is -0.478 e. The van der Waals surface area contributed by atoms with Gasteiger partial charge >= 0.3 is 11.9 Å². The van der Waals surface area contributed by atoms with Gasteiger partial charge in [0.05, 0.1) is 22.0 Å². The fourth-order valence-electron chi connectivity index (χ4n) is 1.24. The summed E-state index contributed by atoms with van der Waals surface area (Å²) in [5, 5.41) is 19.7. The van der Waals surface area contributed by atoms with Crippen LogP contribution in [0.1, 0.15) is 26.3 Å². The Morgan fingerprint density at radius 3 is 2.25 bits per heavy atom. The second-order valence-electron chi connectivity index (χ2n) is 3.00. The number of hydrogen-bond donors (Lipinski definition) is 2. The van der Waals surface area contributed by atoms with Gasteiger partial charge in [0.1, 0.15) is 0 Å². The summed E-state index contributed by atoms with van der Waals surface area (Å²) in [6, 6.07) is 2.41. The summed E-state index contributed by atoms with van der Waals surface area (Å²) < 4.78 is 0. The van der Waals surface area contributed by atoms with E-state index in [1.54, 1.807) is 0 Å². The minimum absolute atomic E-state index is 0.00556. The van der Waals surface area contributed by atoms with Crippen molar-refractivity contribution in [2.24, 2.45) is 4.99 Å². The first-order valence-electron chi connectivity index (χ1n) is 4.16. The molecule has 0 spiro atoms. The van der Waals surface area contributed by atoms with Gasteiger partial charge < -0.3 is 10.2 Å². The Morgan fingerprint density at radius 2 is 1.81 bits per heavy atom. The SMILES string of the molecule is Cc1cc(C(=O)O)c(N=C=S)cc1C(=O)O. The number of aryl methyl sites for hydroxylation is 1. The van der Waals surface area contributed by atoms with Crippen LogP contribution in [0.25, 0.3) is 0 Å². The first-order valence-corrected chi connectivity index (χ1v) is 4.57. The number of isothiocyanates is 1. The topological polar surface area (TPSA) is 87.0 Å². The Balaban J connectivity index is 3.54. The summed E-state index contributed by atoms with van der Waals surface area (Å²) in [6.45, 7) is 1.51. The van der Waals surface area contributed by atoms with Crippen LogP contribution in [0.4, 0.5) is 5.69 Å². The number of thiocarbonyl (C=S) groups is 1. The summed E-state index contributed by atoms with van der Waals surface area (Å²) in [7, 11) is 0. The highest BCUT2D eigenvalue weighted by Gasteiger charge is 2.15. The van der Waals surface area contributed by atoms with Crippen LogP contribution in [0.2, 0.25) is 0 Å². The monoisotopic (exact) mass is 237 g/mol. The van der Waals surface area contributed by atoms with E-state index in [-0.39, 0.29) is 16.8 Å². The van der Waals surface area contributed by atoms with Gasteiger partial charge in [-0.1, -0.05) is 0 Å². The molecule has 1 aromatic carbocycles. The van der Waals surface area contributed by atoms with Crippen LogP contribution in [0.5, 0.6) is 0 Å². The molecule has 5 nitrogen and oxygen atoms in total. The number of carboxylic acids is 2. The number of benzene rings is 1. The van der Waals surface area contributed by atoms with Crippen LogP contribution in [0.3, 0.4) is 0 Å². The summed E-state index contributed by atoms with van der Waals surface area (Å²) in [5.41, 5.74) is 0.243. The van der Waals surface area contributed by atoms with Crippen molar-refractivity contribution in [3.05, 3.63) is 28.8 Å². The van der Waals surface area contributed by atoms with Gasteiger partial charge in [0.25, 0.3) is 0 Å². The van der Waals surface area contributed by atoms with Crippen molar-refractivity contribution in [1.29, 1.82) is 0 Å². The summed E-state index contributed by atoms with van der Waals surface area (Å²) >= 11 is 4.36. The van der Waals surface area contributed by atoms with E-state index in [1.807, 2.05) is 5.16 Å². The number of nitrogens with zero attached hydrogens (tertiary/aromatic N) is 1. The third kappa shape index (κ3) is 2.31. The molecule has 82 valence electrons. The predicted octanol–water partition coefficient (Wildman–Crippen LogP) is 2.13. The molecule has 0 unspecified atom stereocenters. The molecule has 2 N–H and O–H groups in total. The molecule has 1 aromatic rings. The fourth-order valence-corrected chi connectivity index (χ4v) is 1.34. The van der Waals surface area contributed by atoms with Gasteiger partial charge in [-0.2, -0.15) is 4.99 Å². The zero-order valence-corrected chi connectivity index (χ0v) is 9.04. The number of carbonyl (C=O) groups is 2. The van der Waals surface area contributed by atoms with Crippen molar-refractivity contribution in [2.75, 3.05) is 0 Å². The third-order valence-electron chi connectivity index (χ3n) is 1.97. The van der Waals surface area contributed by atoms with Gasteiger partial charge in [-0.15, -0.1) is 0 Å². The van der Waals surface area contributed by atoms with Crippen molar-refractivity contribution in [2.45, 2.75) is 6.92 Å². The molecule has 6 heteroatoms. The highest BCUT2D eigenvalue weighted by molar-refractivity contribution is 7.78. The summed E-state index contributed by atoms with van der Waals surface area (Å²) in [4.78, 5) is 25.2. The molecule has 0 saturated carbocycles. The smallest absolute Gasteiger partial charge is 0.337 e. The molecular formula is C10H7NO4S. The van der Waals surface area contributed by atoms with Crippen LogP contribution in [-0.2, 0) is 0 Å². The molecule has 0 aliphatic carbocycles. The second-order valence-corrected chi connectivity index (χ2v) is 3.18. The number of hydrogen-bond acceptors (Lipinski definition) is 4. The van der Waals surface area contributed by atoms with Crippen LogP contribution in [0.15, 0.2) is 17.1 Å². The molecule has 0 radical (unpaired) electrons. The average molecular weight is 237 g/mol. The predicted molar refractivity (Wildman–Crippen MR) is 59.8 cm³/mol. The number of rotatable bonds is 3. The van der Waals surface area contributed by atoms with Gasteiger partial charge in [0, 0.05) is 0 Å². The summed E-state index contributed by atoms with van der Waals surface area (Å²) in [5.74, 6) is -2.33. The van der Waals surface area contributed by atoms with E-state index in [4.69, 9.17) is 10.2 Å². The van der Waals surface area contributed by atoms with Crippen molar-refractivity contribution in [3.8, 4) is 0 Å². The zero-order valence-electron chi connectivity index (χ0n) is 8.22. The summed E-state index contributed by atoms with van der Waals surface area (Å²) in [6.07, 6.45) is 0. The van der Waals surface area contributed by atoms with Gasteiger partial charge in [0.2, 0.25) is 0 Å². The maximum atomic E-state index is 10.9. The van der Waals surface area contributed by atoms with Crippen molar-refractivity contribution in [3.63, 3.8) is 0 Å². The molecule has 0 atom stereocenters. The molecule has 0 aromatic heterocycles. The van der Waals surface area contributed by atoms with Crippen LogP contribution in [0, 0.1) is 6.92 Å². The van der Waals surface area contributed by atoms with Crippen molar-refractivity contribution >= 4 is 35.0 Å². The molecule has 1 rings (SSSR count). The van der Waals surface area contributed by atoms with E-state index in [9.17, 15) is 9.59 Å². The van der Waals surface area contributed by atoms with Gasteiger partial charge in [-0.05, 0) is 36.8 Å². The third-order valence-corrected chi connectivity index (χ3v) is 2.06. The fraction of sp³-hybridized carbons (Fsp3) is 0.100. The normalized spacial score (nSPS) is 9.31. The quantitative estimate of drug-likeness (QED) is 0.621. The highest BCUT2D eigenvalue weighted by Crippen LogP contribution is 2.24. The molecular weight excluding hydrogens is 230 g/mol. The Morgan fingerprint density at radius 1 is 1.25 bits per heavy atom. The maximum absolute atomic E-state index is 10.9. The molecule has 0 amide bonds. The molecule has 16 heavy (non-hydrogen) atoms. The molecule has 0 heterocycles. The van der Waals surface area contributed by atoms with E-state index in [1.165, 1.54) is 19.1 Å². The van der Waals surface area contributed by atoms with E-state index in [0.29, 0.717) is 5.56 Å². The van der Waals surface area contributed by atoms with Gasteiger partial charge in [-0.3, -0.25) is 0 Å². The number of aliphatic imine (C=N–C) groups is 1. The lowest BCUT2D eigenvalue weighted by atomic mass is 10.0. The van der Waals surface area contributed by atoms with E-state index >= 15 is 0 Å². The first kappa shape index (κ1) is 12.0. The minimum atomic E-state index is -1.19. The zero-order chi connectivity index (χ0) is 12.3.